The Bertz CT molecular complexity index is 1150. The fraction of sp³-hybridized carbons (Fsp3) is 0.464. The number of nitrogens with two attached hydrogens (primary N) is 1. The largest absolute Gasteiger partial charge is 0.481 e. The van der Waals surface area contributed by atoms with E-state index in [-0.39, 0.29) is 49.5 Å². The van der Waals surface area contributed by atoms with Gasteiger partial charge in [0, 0.05) is 21.9 Å². The summed E-state index contributed by atoms with van der Waals surface area (Å²) in [5, 5.41) is 10.7. The first-order valence-electron chi connectivity index (χ1n) is 12.6. The number of amides is 2. The topological polar surface area (TPSA) is 110 Å². The van der Waals surface area contributed by atoms with E-state index in [0.717, 1.165) is 11.1 Å². The van der Waals surface area contributed by atoms with Crippen LogP contribution in [0.15, 0.2) is 48.5 Å². The fourth-order valence-corrected chi connectivity index (χ4v) is 5.70. The molecule has 1 aliphatic heterocycles. The molecule has 4 atom stereocenters. The number of aliphatic carboxylic acids is 1. The highest BCUT2D eigenvalue weighted by Crippen LogP contribution is 2.48. The summed E-state index contributed by atoms with van der Waals surface area (Å²) < 4.78 is 6.00. The van der Waals surface area contributed by atoms with Gasteiger partial charge in [-0.15, -0.1) is 0 Å². The van der Waals surface area contributed by atoms with Gasteiger partial charge in [0.2, 0.25) is 11.8 Å². The number of carboxylic acids is 1. The van der Waals surface area contributed by atoms with E-state index in [4.69, 9.17) is 33.7 Å². The van der Waals surface area contributed by atoms with Crippen LogP contribution in [0.3, 0.4) is 0 Å². The molecule has 0 aromatic heterocycles. The summed E-state index contributed by atoms with van der Waals surface area (Å²) >= 11 is 12.5. The van der Waals surface area contributed by atoms with Gasteiger partial charge in [-0.2, -0.15) is 0 Å². The zero-order chi connectivity index (χ0) is 26.7. The molecule has 3 N–H and O–H groups in total. The Hall–Kier alpha value is -2.61. The van der Waals surface area contributed by atoms with E-state index in [1.165, 1.54) is 0 Å². The average Bonchev–Trinajstić information content (AvgIpc) is 3.65. The van der Waals surface area contributed by atoms with Crippen LogP contribution < -0.4 is 5.73 Å². The summed E-state index contributed by atoms with van der Waals surface area (Å²) in [5.74, 6) is -2.49. The number of piperidine rings is 1. The third kappa shape index (κ3) is 6.11. The van der Waals surface area contributed by atoms with Gasteiger partial charge in [-0.1, -0.05) is 54.4 Å². The van der Waals surface area contributed by atoms with Gasteiger partial charge in [0.05, 0.1) is 37.1 Å². The molecular weight excluding hydrogens is 515 g/mol. The molecule has 1 unspecified atom stereocenters. The van der Waals surface area contributed by atoms with Crippen molar-refractivity contribution in [3.8, 4) is 0 Å². The number of primary amides is 1. The van der Waals surface area contributed by atoms with Crippen LogP contribution in [0.4, 0.5) is 0 Å². The Labute approximate surface area is 226 Å². The van der Waals surface area contributed by atoms with Crippen LogP contribution >= 0.6 is 23.2 Å². The quantitative estimate of drug-likeness (QED) is 0.402. The third-order valence-corrected chi connectivity index (χ3v) is 8.15. The lowest BCUT2D eigenvalue weighted by Gasteiger charge is -2.48. The van der Waals surface area contributed by atoms with Gasteiger partial charge in [-0.25, -0.2) is 0 Å². The number of ether oxygens (including phenoxy) is 1. The minimum absolute atomic E-state index is 0.198. The van der Waals surface area contributed by atoms with Crippen LogP contribution in [0.25, 0.3) is 0 Å². The molecule has 2 aromatic rings. The number of nitrogens with zero attached hydrogens (tertiary/aromatic N) is 1. The van der Waals surface area contributed by atoms with Crippen molar-refractivity contribution in [3.63, 3.8) is 0 Å². The maximum absolute atomic E-state index is 13.9. The van der Waals surface area contributed by atoms with Gasteiger partial charge in [0.15, 0.2) is 0 Å². The lowest BCUT2D eigenvalue weighted by Crippen LogP contribution is -2.53. The first-order valence-corrected chi connectivity index (χ1v) is 13.3. The van der Waals surface area contributed by atoms with Crippen LogP contribution in [-0.2, 0) is 19.1 Å². The second-order valence-corrected chi connectivity index (χ2v) is 11.0. The molecule has 1 aliphatic carbocycles. The summed E-state index contributed by atoms with van der Waals surface area (Å²) in [6, 6.07) is 14.2. The molecule has 2 aromatic carbocycles. The molecule has 2 aliphatic rings. The lowest BCUT2D eigenvalue weighted by molar-refractivity contribution is -0.154. The minimum atomic E-state index is -1.02. The Balaban J connectivity index is 1.73. The van der Waals surface area contributed by atoms with Crippen molar-refractivity contribution in [2.24, 2.45) is 17.1 Å². The van der Waals surface area contributed by atoms with Crippen LogP contribution in [0.2, 0.25) is 10.0 Å². The van der Waals surface area contributed by atoms with Crippen molar-refractivity contribution in [2.45, 2.75) is 57.0 Å². The molecule has 4 rings (SSSR count). The zero-order valence-corrected chi connectivity index (χ0v) is 22.3. The molecule has 198 valence electrons. The maximum Gasteiger partial charge on any atom is 0.304 e. The van der Waals surface area contributed by atoms with Gasteiger partial charge in [0.1, 0.15) is 0 Å². The monoisotopic (exact) mass is 546 g/mol. The van der Waals surface area contributed by atoms with Crippen molar-refractivity contribution in [3.05, 3.63) is 69.7 Å². The fourth-order valence-electron chi connectivity index (χ4n) is 5.37. The Morgan fingerprint density at radius 2 is 1.84 bits per heavy atom. The van der Waals surface area contributed by atoms with Crippen molar-refractivity contribution in [1.29, 1.82) is 0 Å². The SMILES string of the molecule is CCC(COCC1(C(N)=O)CC1)N1C(=O)[C@H](CC(=O)O)C[C@H](c2cccc(Cl)c2)[C@H]1c1ccc(Cl)cc1. The highest BCUT2D eigenvalue weighted by molar-refractivity contribution is 6.30. The number of benzene rings is 2. The van der Waals surface area contributed by atoms with Crippen LogP contribution in [-0.4, -0.2) is 47.0 Å². The van der Waals surface area contributed by atoms with Gasteiger partial charge in [-0.05, 0) is 61.1 Å². The third-order valence-electron chi connectivity index (χ3n) is 7.66. The van der Waals surface area contributed by atoms with Gasteiger partial charge in [-0.3, -0.25) is 14.4 Å². The standard InChI is InChI=1S/C28H32Cl2N2O5/c1-2-22(15-37-16-28(10-11-28)27(31)36)32-25(17-6-8-20(29)9-7-17)23(18-4-3-5-21(30)12-18)13-19(26(32)35)14-24(33)34/h3-9,12,19,22-23,25H,2,10-11,13-16H2,1H3,(H2,31,36)(H,33,34)/t19-,22?,23+,25+/m0/s1. The Morgan fingerprint density at radius 3 is 2.41 bits per heavy atom. The number of hydrogen-bond donors (Lipinski definition) is 2. The Morgan fingerprint density at radius 1 is 1.14 bits per heavy atom. The predicted molar refractivity (Wildman–Crippen MR) is 141 cm³/mol. The highest BCUT2D eigenvalue weighted by Gasteiger charge is 2.50. The molecule has 2 amide bonds. The first kappa shape index (κ1) is 27.4. The number of carbonyl (C=O) groups is 3. The molecule has 0 bridgehead atoms. The molecule has 1 heterocycles. The molecule has 2 fully saturated rings. The summed E-state index contributed by atoms with van der Waals surface area (Å²) in [7, 11) is 0. The highest BCUT2D eigenvalue weighted by atomic mass is 35.5. The van der Waals surface area contributed by atoms with Crippen molar-refractivity contribution in [2.75, 3.05) is 13.2 Å². The van der Waals surface area contributed by atoms with E-state index < -0.39 is 17.3 Å². The average molecular weight is 547 g/mol. The number of likely N-dealkylation sites (tertiary alicyclic amines) is 1. The second kappa shape index (κ2) is 11.4. The van der Waals surface area contributed by atoms with Crippen LogP contribution in [0, 0.1) is 11.3 Å². The predicted octanol–water partition coefficient (Wildman–Crippen LogP) is 5.20. The van der Waals surface area contributed by atoms with Crippen molar-refractivity contribution < 1.29 is 24.2 Å². The summed E-state index contributed by atoms with van der Waals surface area (Å²) in [6.45, 7) is 2.39. The van der Waals surface area contributed by atoms with Gasteiger partial charge >= 0.3 is 5.97 Å². The maximum atomic E-state index is 13.9. The molecule has 1 saturated carbocycles. The molecular formula is C28H32Cl2N2O5. The summed E-state index contributed by atoms with van der Waals surface area (Å²) in [6.07, 6.45) is 2.10. The van der Waals surface area contributed by atoms with Crippen LogP contribution in [0.1, 0.15) is 62.1 Å². The van der Waals surface area contributed by atoms with E-state index >= 15 is 0 Å². The van der Waals surface area contributed by atoms with Gasteiger partial charge in [0.25, 0.3) is 0 Å². The molecule has 9 heteroatoms. The number of carboxylic acid groups (broad SMARTS) is 1. The van der Waals surface area contributed by atoms with Crippen LogP contribution in [0.5, 0.6) is 0 Å². The van der Waals surface area contributed by atoms with Crippen molar-refractivity contribution in [1.82, 2.24) is 4.90 Å². The van der Waals surface area contributed by atoms with Gasteiger partial charge < -0.3 is 20.5 Å². The lowest BCUT2D eigenvalue weighted by atomic mass is 9.74. The molecule has 7 nitrogen and oxygen atoms in total. The van der Waals surface area contributed by atoms with E-state index in [1.54, 1.807) is 23.1 Å². The summed E-state index contributed by atoms with van der Waals surface area (Å²) in [4.78, 5) is 39.3. The number of halogens is 2. The van der Waals surface area contributed by atoms with E-state index in [0.29, 0.717) is 35.7 Å². The molecule has 0 radical (unpaired) electrons. The van der Waals surface area contributed by atoms with E-state index in [9.17, 15) is 19.5 Å². The van der Waals surface area contributed by atoms with E-state index in [2.05, 4.69) is 0 Å². The molecule has 1 saturated heterocycles. The van der Waals surface area contributed by atoms with E-state index in [1.807, 2.05) is 37.3 Å². The number of carbonyl (C=O) groups excluding carboxylic acids is 2. The number of rotatable bonds is 11. The first-order chi connectivity index (χ1) is 17.6. The zero-order valence-electron chi connectivity index (χ0n) is 20.7. The minimum Gasteiger partial charge on any atom is -0.481 e. The molecule has 37 heavy (non-hydrogen) atoms. The normalized spacial score (nSPS) is 23.5. The molecule has 0 spiro atoms. The smallest absolute Gasteiger partial charge is 0.304 e. The number of hydrogen-bond acceptors (Lipinski definition) is 4. The van der Waals surface area contributed by atoms with Crippen molar-refractivity contribution >= 4 is 41.0 Å². The second-order valence-electron chi connectivity index (χ2n) is 10.2. The summed E-state index contributed by atoms with van der Waals surface area (Å²) in [5.41, 5.74) is 6.77. The Kier molecular flexibility index (Phi) is 8.46.